The Bertz CT molecular complexity index is 650. The molecule has 24 heavy (non-hydrogen) atoms. The number of carbonyl (C=O) groups excluding carboxylic acids is 2. The number of hydrogen-bond acceptors (Lipinski definition) is 6. The van der Waals surface area contributed by atoms with Crippen LogP contribution in [0.3, 0.4) is 0 Å². The molecule has 0 bridgehead atoms. The van der Waals surface area contributed by atoms with Crippen molar-refractivity contribution in [2.24, 2.45) is 0 Å². The molecule has 0 unspecified atom stereocenters. The predicted molar refractivity (Wildman–Crippen MR) is 84.7 cm³/mol. The summed E-state index contributed by atoms with van der Waals surface area (Å²) >= 11 is 0. The fourth-order valence-corrected chi connectivity index (χ4v) is 2.72. The summed E-state index contributed by atoms with van der Waals surface area (Å²) in [5, 5.41) is 10.9. The highest BCUT2D eigenvalue weighted by atomic mass is 16.6. The van der Waals surface area contributed by atoms with E-state index < -0.39 is 17.5 Å². The summed E-state index contributed by atoms with van der Waals surface area (Å²) < 4.78 is 10.6. The minimum atomic E-state index is -0.751. The maximum absolute atomic E-state index is 12.2. The van der Waals surface area contributed by atoms with Crippen molar-refractivity contribution in [2.75, 3.05) is 19.7 Å². The number of amides is 1. The number of nitro benzene ring substituents is 1. The van der Waals surface area contributed by atoms with Gasteiger partial charge in [-0.1, -0.05) is 6.07 Å². The zero-order valence-corrected chi connectivity index (χ0v) is 13.9. The van der Waals surface area contributed by atoms with E-state index in [9.17, 15) is 19.7 Å². The Kier molecular flexibility index (Phi) is 5.50. The predicted octanol–water partition coefficient (Wildman–Crippen LogP) is 1.70. The molecule has 0 spiro atoms. The van der Waals surface area contributed by atoms with Crippen LogP contribution in [0, 0.1) is 17.0 Å². The first-order valence-corrected chi connectivity index (χ1v) is 7.64. The number of ether oxygens (including phenoxy) is 2. The number of esters is 1. The van der Waals surface area contributed by atoms with Gasteiger partial charge in [0.2, 0.25) is 0 Å². The molecule has 1 amide bonds. The Balaban J connectivity index is 1.99. The second kappa shape index (κ2) is 7.39. The molecular formula is C16H20N2O6. The first-order valence-electron chi connectivity index (χ1n) is 7.64. The molecule has 1 saturated heterocycles. The Hall–Kier alpha value is -2.48. The van der Waals surface area contributed by atoms with Gasteiger partial charge >= 0.3 is 5.97 Å². The standard InChI is InChI=1S/C16H20N2O6/c1-10-7-17(8-11(2)24-10)15(19)9-23-16(20)13-5-4-6-14(12(13)3)18(21)22/h4-6,10-11H,7-9H2,1-3H3/t10-,11-/m1/s1. The quantitative estimate of drug-likeness (QED) is 0.471. The van der Waals surface area contributed by atoms with E-state index in [-0.39, 0.29) is 34.9 Å². The van der Waals surface area contributed by atoms with Gasteiger partial charge in [0.15, 0.2) is 6.61 Å². The lowest BCUT2D eigenvalue weighted by Gasteiger charge is -2.35. The Morgan fingerprint density at radius 2 is 1.96 bits per heavy atom. The smallest absolute Gasteiger partial charge is 0.339 e. The zero-order chi connectivity index (χ0) is 17.9. The normalized spacial score (nSPS) is 20.5. The van der Waals surface area contributed by atoms with Crippen LogP contribution in [0.15, 0.2) is 18.2 Å². The molecular weight excluding hydrogens is 316 g/mol. The second-order valence-corrected chi connectivity index (χ2v) is 5.84. The molecule has 1 fully saturated rings. The van der Waals surface area contributed by atoms with Crippen LogP contribution >= 0.6 is 0 Å². The van der Waals surface area contributed by atoms with Crippen molar-refractivity contribution in [1.82, 2.24) is 4.90 Å². The summed E-state index contributed by atoms with van der Waals surface area (Å²) in [6.45, 7) is 5.69. The van der Waals surface area contributed by atoms with E-state index in [2.05, 4.69) is 0 Å². The maximum atomic E-state index is 12.2. The van der Waals surface area contributed by atoms with Crippen LogP contribution in [0.4, 0.5) is 5.69 Å². The summed E-state index contributed by atoms with van der Waals surface area (Å²) in [4.78, 5) is 36.2. The Labute approximate surface area is 139 Å². The maximum Gasteiger partial charge on any atom is 0.339 e. The largest absolute Gasteiger partial charge is 0.452 e. The second-order valence-electron chi connectivity index (χ2n) is 5.84. The van der Waals surface area contributed by atoms with Crippen molar-refractivity contribution in [3.8, 4) is 0 Å². The molecule has 8 heteroatoms. The van der Waals surface area contributed by atoms with Crippen LogP contribution in [-0.2, 0) is 14.3 Å². The number of nitrogens with zero attached hydrogens (tertiary/aromatic N) is 2. The fraction of sp³-hybridized carbons (Fsp3) is 0.500. The van der Waals surface area contributed by atoms with Gasteiger partial charge in [0.1, 0.15) is 0 Å². The van der Waals surface area contributed by atoms with Gasteiger partial charge in [0.05, 0.1) is 22.7 Å². The van der Waals surface area contributed by atoms with E-state index in [1.54, 1.807) is 4.90 Å². The minimum Gasteiger partial charge on any atom is -0.452 e. The first-order chi connectivity index (χ1) is 11.3. The molecule has 8 nitrogen and oxygen atoms in total. The highest BCUT2D eigenvalue weighted by Gasteiger charge is 2.27. The summed E-state index contributed by atoms with van der Waals surface area (Å²) in [5.74, 6) is -1.06. The van der Waals surface area contributed by atoms with Crippen molar-refractivity contribution >= 4 is 17.6 Å². The highest BCUT2D eigenvalue weighted by molar-refractivity contribution is 5.93. The van der Waals surface area contributed by atoms with E-state index in [0.29, 0.717) is 13.1 Å². The van der Waals surface area contributed by atoms with Gasteiger partial charge in [0.25, 0.3) is 11.6 Å². The van der Waals surface area contributed by atoms with E-state index in [1.165, 1.54) is 25.1 Å². The van der Waals surface area contributed by atoms with Gasteiger partial charge in [-0.15, -0.1) is 0 Å². The van der Waals surface area contributed by atoms with E-state index in [1.807, 2.05) is 13.8 Å². The molecule has 0 aliphatic carbocycles. The van der Waals surface area contributed by atoms with Gasteiger partial charge in [-0.2, -0.15) is 0 Å². The molecule has 1 aliphatic heterocycles. The molecule has 0 N–H and O–H groups in total. The van der Waals surface area contributed by atoms with Crippen LogP contribution in [0.1, 0.15) is 29.8 Å². The average molecular weight is 336 g/mol. The molecule has 1 aromatic rings. The van der Waals surface area contributed by atoms with Gasteiger partial charge < -0.3 is 14.4 Å². The molecule has 2 rings (SSSR count). The van der Waals surface area contributed by atoms with Crippen molar-refractivity contribution in [1.29, 1.82) is 0 Å². The number of carbonyl (C=O) groups is 2. The summed E-state index contributed by atoms with van der Waals surface area (Å²) in [5.41, 5.74) is 0.140. The summed E-state index contributed by atoms with van der Waals surface area (Å²) in [6, 6.07) is 4.16. The van der Waals surface area contributed by atoms with Gasteiger partial charge in [-0.25, -0.2) is 4.79 Å². The van der Waals surface area contributed by atoms with E-state index >= 15 is 0 Å². The molecule has 1 aromatic carbocycles. The van der Waals surface area contributed by atoms with Gasteiger partial charge in [-0.05, 0) is 26.8 Å². The van der Waals surface area contributed by atoms with Gasteiger partial charge in [0, 0.05) is 24.7 Å². The minimum absolute atomic E-state index is 0.0765. The lowest BCUT2D eigenvalue weighted by Crippen LogP contribution is -2.49. The number of morpholine rings is 1. The Morgan fingerprint density at radius 1 is 1.33 bits per heavy atom. The number of nitro groups is 1. The zero-order valence-electron chi connectivity index (χ0n) is 13.9. The molecule has 0 saturated carbocycles. The molecule has 1 heterocycles. The third-order valence-electron chi connectivity index (χ3n) is 3.82. The Morgan fingerprint density at radius 3 is 2.54 bits per heavy atom. The van der Waals surface area contributed by atoms with E-state index in [4.69, 9.17) is 9.47 Å². The highest BCUT2D eigenvalue weighted by Crippen LogP contribution is 2.21. The number of rotatable bonds is 4. The van der Waals surface area contributed by atoms with E-state index in [0.717, 1.165) is 0 Å². The van der Waals surface area contributed by atoms with Crippen LogP contribution in [0.25, 0.3) is 0 Å². The molecule has 1 aliphatic rings. The first kappa shape index (κ1) is 17.9. The third kappa shape index (κ3) is 4.08. The van der Waals surface area contributed by atoms with Crippen LogP contribution in [0.5, 0.6) is 0 Å². The number of hydrogen-bond donors (Lipinski definition) is 0. The summed E-state index contributed by atoms with van der Waals surface area (Å²) in [7, 11) is 0. The van der Waals surface area contributed by atoms with Crippen LogP contribution in [-0.4, -0.2) is 53.6 Å². The van der Waals surface area contributed by atoms with Crippen molar-refractivity contribution in [3.63, 3.8) is 0 Å². The fourth-order valence-electron chi connectivity index (χ4n) is 2.72. The van der Waals surface area contributed by atoms with Crippen molar-refractivity contribution in [3.05, 3.63) is 39.4 Å². The van der Waals surface area contributed by atoms with Gasteiger partial charge in [-0.3, -0.25) is 14.9 Å². The summed E-state index contributed by atoms with van der Waals surface area (Å²) in [6.07, 6.45) is -0.153. The molecule has 2 atom stereocenters. The topological polar surface area (TPSA) is 99.0 Å². The van der Waals surface area contributed by atoms with Crippen LogP contribution in [0.2, 0.25) is 0 Å². The van der Waals surface area contributed by atoms with Crippen molar-refractivity contribution in [2.45, 2.75) is 33.0 Å². The average Bonchev–Trinajstić information content (AvgIpc) is 2.51. The molecule has 130 valence electrons. The lowest BCUT2D eigenvalue weighted by molar-refractivity contribution is -0.385. The van der Waals surface area contributed by atoms with Crippen LogP contribution < -0.4 is 0 Å². The van der Waals surface area contributed by atoms with Crippen molar-refractivity contribution < 1.29 is 24.0 Å². The molecule has 0 aromatic heterocycles. The SMILES string of the molecule is Cc1c(C(=O)OCC(=O)N2C[C@@H](C)O[C@H](C)C2)cccc1[N+](=O)[O-]. The monoisotopic (exact) mass is 336 g/mol. The molecule has 0 radical (unpaired) electrons. The number of benzene rings is 1. The lowest BCUT2D eigenvalue weighted by atomic mass is 10.1. The third-order valence-corrected chi connectivity index (χ3v) is 3.82.